The lowest BCUT2D eigenvalue weighted by molar-refractivity contribution is -0.141. The summed E-state index contributed by atoms with van der Waals surface area (Å²) >= 11 is 1.24. The van der Waals surface area contributed by atoms with Crippen LogP contribution in [0.2, 0.25) is 0 Å². The molecule has 8 heteroatoms. The van der Waals surface area contributed by atoms with Crippen LogP contribution in [0.15, 0.2) is 51.8 Å². The Hall–Kier alpha value is -2.45. The first-order valence-electron chi connectivity index (χ1n) is 7.85. The molecule has 0 atom stereocenters. The van der Waals surface area contributed by atoms with Gasteiger partial charge >= 0.3 is 5.97 Å². The van der Waals surface area contributed by atoms with Gasteiger partial charge in [-0.15, -0.1) is 4.40 Å². The van der Waals surface area contributed by atoms with Crippen molar-refractivity contribution in [1.82, 2.24) is 4.57 Å². The third kappa shape index (κ3) is 3.56. The second-order valence-electron chi connectivity index (χ2n) is 5.86. The zero-order valence-electron chi connectivity index (χ0n) is 14.6. The Bertz CT molecular complexity index is 1140. The number of nitrogens with zero attached hydrogens (tertiary/aromatic N) is 2. The zero-order chi connectivity index (χ0) is 18.9. The molecule has 0 aliphatic rings. The Balaban J connectivity index is 2.30. The molecule has 0 amide bonds. The molecule has 3 aromatic rings. The predicted molar refractivity (Wildman–Crippen MR) is 100 cm³/mol. The van der Waals surface area contributed by atoms with Crippen molar-refractivity contribution in [3.05, 3.63) is 58.4 Å². The second kappa shape index (κ2) is 7.05. The molecule has 136 valence electrons. The largest absolute Gasteiger partial charge is 0.468 e. The molecule has 0 N–H and O–H groups in total. The number of fused-ring (bicyclic) bond motifs is 1. The van der Waals surface area contributed by atoms with Gasteiger partial charge in [-0.25, -0.2) is 0 Å². The van der Waals surface area contributed by atoms with Crippen molar-refractivity contribution in [1.29, 1.82) is 0 Å². The molecule has 0 unspecified atom stereocenters. The van der Waals surface area contributed by atoms with E-state index in [2.05, 4.69) is 4.40 Å². The number of methoxy groups -OCH3 is 1. The van der Waals surface area contributed by atoms with E-state index in [9.17, 15) is 13.2 Å². The number of sulfonamides is 1. The summed E-state index contributed by atoms with van der Waals surface area (Å²) in [5, 5.41) is 0. The first kappa shape index (κ1) is 18.3. The average Bonchev–Trinajstić information content (AvgIpc) is 2.93. The average molecular weight is 390 g/mol. The molecular weight excluding hydrogens is 372 g/mol. The van der Waals surface area contributed by atoms with Gasteiger partial charge in [0.25, 0.3) is 10.0 Å². The summed E-state index contributed by atoms with van der Waals surface area (Å²) in [4.78, 5) is 12.2. The van der Waals surface area contributed by atoms with E-state index in [1.54, 1.807) is 22.8 Å². The van der Waals surface area contributed by atoms with Gasteiger partial charge in [-0.05, 0) is 43.2 Å². The highest BCUT2D eigenvalue weighted by molar-refractivity contribution is 7.90. The van der Waals surface area contributed by atoms with Crippen LogP contribution < -0.4 is 4.80 Å². The number of aromatic nitrogens is 1. The van der Waals surface area contributed by atoms with Crippen molar-refractivity contribution in [2.75, 3.05) is 7.11 Å². The molecule has 3 rings (SSSR count). The van der Waals surface area contributed by atoms with Crippen molar-refractivity contribution in [3.63, 3.8) is 0 Å². The summed E-state index contributed by atoms with van der Waals surface area (Å²) in [5.74, 6) is -0.470. The number of ether oxygens (including phenoxy) is 1. The molecular formula is C18H18N2O4S2. The van der Waals surface area contributed by atoms with E-state index in [0.717, 1.165) is 21.3 Å². The van der Waals surface area contributed by atoms with E-state index >= 15 is 0 Å². The molecule has 0 saturated carbocycles. The van der Waals surface area contributed by atoms with Crippen LogP contribution in [-0.2, 0) is 26.1 Å². The molecule has 0 bridgehead atoms. The quantitative estimate of drug-likeness (QED) is 0.642. The summed E-state index contributed by atoms with van der Waals surface area (Å²) < 4.78 is 36.5. The van der Waals surface area contributed by atoms with Crippen LogP contribution in [0.5, 0.6) is 0 Å². The van der Waals surface area contributed by atoms with Gasteiger partial charge in [-0.2, -0.15) is 8.42 Å². The van der Waals surface area contributed by atoms with E-state index in [4.69, 9.17) is 4.74 Å². The number of carbonyl (C=O) groups excluding carboxylic acids is 1. The number of benzene rings is 2. The number of hydrogen-bond donors (Lipinski definition) is 0. The van der Waals surface area contributed by atoms with Gasteiger partial charge in [0.1, 0.15) is 6.54 Å². The minimum Gasteiger partial charge on any atom is -0.468 e. The van der Waals surface area contributed by atoms with Crippen LogP contribution in [0.3, 0.4) is 0 Å². The maximum absolute atomic E-state index is 12.6. The fourth-order valence-electron chi connectivity index (χ4n) is 2.68. The number of hydrogen-bond acceptors (Lipinski definition) is 5. The number of thiazole rings is 1. The first-order chi connectivity index (χ1) is 12.3. The second-order valence-corrected chi connectivity index (χ2v) is 8.44. The summed E-state index contributed by atoms with van der Waals surface area (Å²) in [6.07, 6.45) is 0. The van der Waals surface area contributed by atoms with E-state index in [1.807, 2.05) is 26.0 Å². The molecule has 0 aliphatic heterocycles. The third-order valence-corrected chi connectivity index (χ3v) is 6.49. The molecule has 26 heavy (non-hydrogen) atoms. The normalized spacial score (nSPS) is 12.5. The third-order valence-electron chi connectivity index (χ3n) is 3.87. The van der Waals surface area contributed by atoms with Gasteiger partial charge in [-0.1, -0.05) is 35.6 Å². The fraction of sp³-hybridized carbons (Fsp3) is 0.222. The number of esters is 1. The van der Waals surface area contributed by atoms with E-state index in [-0.39, 0.29) is 16.2 Å². The Kier molecular flexibility index (Phi) is 4.97. The van der Waals surface area contributed by atoms with E-state index in [0.29, 0.717) is 0 Å². The lowest BCUT2D eigenvalue weighted by Crippen LogP contribution is -2.22. The molecule has 0 fully saturated rings. The maximum atomic E-state index is 12.6. The predicted octanol–water partition coefficient (Wildman–Crippen LogP) is 2.78. The van der Waals surface area contributed by atoms with Crippen molar-refractivity contribution < 1.29 is 17.9 Å². The fourth-order valence-corrected chi connectivity index (χ4v) is 4.98. The molecule has 1 heterocycles. The van der Waals surface area contributed by atoms with Crippen LogP contribution in [0, 0.1) is 13.8 Å². The zero-order valence-corrected chi connectivity index (χ0v) is 16.2. The smallest absolute Gasteiger partial charge is 0.325 e. The molecule has 2 aromatic carbocycles. The van der Waals surface area contributed by atoms with Crippen LogP contribution in [0.1, 0.15) is 11.1 Å². The highest BCUT2D eigenvalue weighted by Crippen LogP contribution is 2.24. The summed E-state index contributed by atoms with van der Waals surface area (Å²) in [7, 11) is -2.59. The van der Waals surface area contributed by atoms with Crippen molar-refractivity contribution in [2.24, 2.45) is 4.40 Å². The highest BCUT2D eigenvalue weighted by Gasteiger charge is 2.17. The van der Waals surface area contributed by atoms with E-state index in [1.165, 1.54) is 30.6 Å². The van der Waals surface area contributed by atoms with Gasteiger partial charge in [0.05, 0.1) is 22.2 Å². The number of rotatable bonds is 4. The topological polar surface area (TPSA) is 77.7 Å². The minimum absolute atomic E-state index is 0.106. The SMILES string of the molecule is COC(=O)Cn1/c(=N/S(=O)(=O)c2ccccc2)sc2c(C)cc(C)cc21. The number of aryl methyl sites for hydroxylation is 2. The van der Waals surface area contributed by atoms with Gasteiger partial charge in [0.2, 0.25) is 4.80 Å². The van der Waals surface area contributed by atoms with Gasteiger partial charge in [-0.3, -0.25) is 4.79 Å². The first-order valence-corrected chi connectivity index (χ1v) is 10.1. The molecule has 0 spiro atoms. The van der Waals surface area contributed by atoms with Crippen LogP contribution in [0.4, 0.5) is 0 Å². The summed E-state index contributed by atoms with van der Waals surface area (Å²) in [6, 6.07) is 11.9. The lowest BCUT2D eigenvalue weighted by atomic mass is 10.1. The minimum atomic E-state index is -3.89. The molecule has 0 saturated heterocycles. The summed E-state index contributed by atoms with van der Waals surface area (Å²) in [5.41, 5.74) is 2.78. The monoisotopic (exact) mass is 390 g/mol. The van der Waals surface area contributed by atoms with E-state index < -0.39 is 16.0 Å². The molecule has 6 nitrogen and oxygen atoms in total. The summed E-state index contributed by atoms with van der Waals surface area (Å²) in [6.45, 7) is 3.79. The van der Waals surface area contributed by atoms with Gasteiger partial charge in [0.15, 0.2) is 0 Å². The Labute approximate surface area is 155 Å². The van der Waals surface area contributed by atoms with Gasteiger partial charge < -0.3 is 9.30 Å². The Morgan fingerprint density at radius 2 is 1.88 bits per heavy atom. The molecule has 0 aliphatic carbocycles. The lowest BCUT2D eigenvalue weighted by Gasteiger charge is -2.05. The van der Waals surface area contributed by atoms with Crippen LogP contribution >= 0.6 is 11.3 Å². The Morgan fingerprint density at radius 3 is 2.54 bits per heavy atom. The number of carbonyl (C=O) groups is 1. The van der Waals surface area contributed by atoms with Crippen molar-refractivity contribution in [3.8, 4) is 0 Å². The van der Waals surface area contributed by atoms with Crippen LogP contribution in [0.25, 0.3) is 10.2 Å². The van der Waals surface area contributed by atoms with Crippen molar-refractivity contribution >= 4 is 37.5 Å². The maximum Gasteiger partial charge on any atom is 0.325 e. The highest BCUT2D eigenvalue weighted by atomic mass is 32.2. The van der Waals surface area contributed by atoms with Crippen molar-refractivity contribution in [2.45, 2.75) is 25.3 Å². The van der Waals surface area contributed by atoms with Crippen LogP contribution in [-0.4, -0.2) is 26.1 Å². The standard InChI is InChI=1S/C18H18N2O4S2/c1-12-9-13(2)17-15(10-12)20(11-16(21)24-3)18(25-17)19-26(22,23)14-7-5-4-6-8-14/h4-10H,11H2,1-3H3/b19-18-. The molecule has 1 aromatic heterocycles. The Morgan fingerprint density at radius 1 is 1.19 bits per heavy atom. The molecule has 0 radical (unpaired) electrons. The van der Waals surface area contributed by atoms with Gasteiger partial charge in [0, 0.05) is 0 Å².